The summed E-state index contributed by atoms with van der Waals surface area (Å²) in [5.74, 6) is -1.08. The minimum Gasteiger partial charge on any atom is -0.480 e. The highest BCUT2D eigenvalue weighted by Crippen LogP contribution is 2.20. The lowest BCUT2D eigenvalue weighted by atomic mass is 10.1. The molecule has 108 valence electrons. The number of carboxylic acids is 1. The average Bonchev–Trinajstić information content (AvgIpc) is 2.89. The summed E-state index contributed by atoms with van der Waals surface area (Å²) in [5, 5.41) is 8.97. The molecule has 0 unspecified atom stereocenters. The maximum absolute atomic E-state index is 12.3. The maximum Gasteiger partial charge on any atom is 0.323 e. The first-order valence-electron chi connectivity index (χ1n) is 6.87. The molecule has 0 aromatic carbocycles. The van der Waals surface area contributed by atoms with Gasteiger partial charge in [0.1, 0.15) is 6.54 Å². The average molecular weight is 271 g/mol. The van der Waals surface area contributed by atoms with Gasteiger partial charge in [0.25, 0.3) is 0 Å². The Morgan fingerprint density at radius 1 is 1.16 bits per heavy atom. The van der Waals surface area contributed by atoms with Crippen LogP contribution in [0.15, 0.2) is 0 Å². The first-order valence-corrected chi connectivity index (χ1v) is 6.87. The Hall–Kier alpha value is -1.14. The van der Waals surface area contributed by atoms with Crippen molar-refractivity contribution in [2.24, 2.45) is 0 Å². The summed E-state index contributed by atoms with van der Waals surface area (Å²) >= 11 is 0. The highest BCUT2D eigenvalue weighted by atomic mass is 16.5. The summed E-state index contributed by atoms with van der Waals surface area (Å²) < 4.78 is 10.7. The lowest BCUT2D eigenvalue weighted by Crippen LogP contribution is -2.46. The minimum absolute atomic E-state index is 0.0150. The number of rotatable bonds is 5. The van der Waals surface area contributed by atoms with Crippen LogP contribution in [-0.2, 0) is 19.1 Å². The lowest BCUT2D eigenvalue weighted by Gasteiger charge is -2.33. The number of carbonyl (C=O) groups excluding carboxylic acids is 1. The van der Waals surface area contributed by atoms with E-state index >= 15 is 0 Å². The fourth-order valence-corrected chi connectivity index (χ4v) is 2.68. The third-order valence-corrected chi connectivity index (χ3v) is 3.68. The quantitative estimate of drug-likeness (QED) is 0.794. The third-order valence-electron chi connectivity index (χ3n) is 3.68. The lowest BCUT2D eigenvalue weighted by molar-refractivity contribution is -0.148. The van der Waals surface area contributed by atoms with Crippen LogP contribution in [-0.4, -0.2) is 60.4 Å². The van der Waals surface area contributed by atoms with E-state index in [2.05, 4.69) is 0 Å². The summed E-state index contributed by atoms with van der Waals surface area (Å²) in [5.41, 5.74) is 0. The van der Waals surface area contributed by atoms with Gasteiger partial charge in [0.05, 0.1) is 12.5 Å². The first-order chi connectivity index (χ1) is 9.16. The molecule has 0 bridgehead atoms. The SMILES string of the molecule is O=C(O)CN(C(=O)C[C@H]1CCCO1)C1CCOCC1. The Balaban J connectivity index is 1.94. The Morgan fingerprint density at radius 2 is 1.89 bits per heavy atom. The van der Waals surface area contributed by atoms with E-state index in [1.807, 2.05) is 0 Å². The number of ether oxygens (including phenoxy) is 2. The molecule has 1 N–H and O–H groups in total. The number of hydrogen-bond donors (Lipinski definition) is 1. The Kier molecular flexibility index (Phi) is 5.15. The molecule has 6 nitrogen and oxygen atoms in total. The molecule has 19 heavy (non-hydrogen) atoms. The van der Waals surface area contributed by atoms with E-state index in [4.69, 9.17) is 14.6 Å². The van der Waals surface area contributed by atoms with Crippen molar-refractivity contribution in [2.75, 3.05) is 26.4 Å². The van der Waals surface area contributed by atoms with Gasteiger partial charge >= 0.3 is 5.97 Å². The maximum atomic E-state index is 12.3. The van der Waals surface area contributed by atoms with E-state index in [0.29, 0.717) is 39.1 Å². The van der Waals surface area contributed by atoms with Crippen molar-refractivity contribution in [1.82, 2.24) is 4.90 Å². The van der Waals surface area contributed by atoms with Crippen molar-refractivity contribution in [3.8, 4) is 0 Å². The van der Waals surface area contributed by atoms with Crippen LogP contribution in [0.1, 0.15) is 32.1 Å². The van der Waals surface area contributed by atoms with Crippen LogP contribution in [0.2, 0.25) is 0 Å². The van der Waals surface area contributed by atoms with Gasteiger partial charge in [-0.15, -0.1) is 0 Å². The zero-order valence-electron chi connectivity index (χ0n) is 11.0. The molecule has 0 spiro atoms. The summed E-state index contributed by atoms with van der Waals surface area (Å²) in [6.45, 7) is 1.66. The largest absolute Gasteiger partial charge is 0.480 e. The molecule has 2 fully saturated rings. The molecule has 1 atom stereocenters. The van der Waals surface area contributed by atoms with Gasteiger partial charge < -0.3 is 19.5 Å². The minimum atomic E-state index is -0.966. The Bertz CT molecular complexity index is 321. The van der Waals surface area contributed by atoms with Crippen LogP contribution in [0.4, 0.5) is 0 Å². The monoisotopic (exact) mass is 271 g/mol. The molecule has 2 heterocycles. The van der Waals surface area contributed by atoms with Gasteiger partial charge in [0.2, 0.25) is 5.91 Å². The third kappa shape index (κ3) is 4.18. The van der Waals surface area contributed by atoms with Gasteiger partial charge in [-0.05, 0) is 25.7 Å². The van der Waals surface area contributed by atoms with Crippen LogP contribution in [0.3, 0.4) is 0 Å². The van der Waals surface area contributed by atoms with E-state index < -0.39 is 5.97 Å². The number of hydrogen-bond acceptors (Lipinski definition) is 4. The predicted molar refractivity (Wildman–Crippen MR) is 66.8 cm³/mol. The van der Waals surface area contributed by atoms with Gasteiger partial charge in [-0.3, -0.25) is 9.59 Å². The standard InChI is InChI=1S/C13H21NO5/c15-12(8-11-2-1-5-19-11)14(9-13(16)17)10-3-6-18-7-4-10/h10-11H,1-9H2,(H,16,17)/t11-/m1/s1. The molecule has 2 aliphatic rings. The molecule has 0 radical (unpaired) electrons. The zero-order chi connectivity index (χ0) is 13.7. The number of amides is 1. The second-order valence-electron chi connectivity index (χ2n) is 5.10. The van der Waals surface area contributed by atoms with E-state index in [9.17, 15) is 9.59 Å². The fourth-order valence-electron chi connectivity index (χ4n) is 2.68. The van der Waals surface area contributed by atoms with Crippen molar-refractivity contribution in [3.63, 3.8) is 0 Å². The molecule has 0 aliphatic carbocycles. The van der Waals surface area contributed by atoms with Crippen LogP contribution >= 0.6 is 0 Å². The van der Waals surface area contributed by atoms with E-state index in [-0.39, 0.29) is 24.6 Å². The van der Waals surface area contributed by atoms with Crippen molar-refractivity contribution in [2.45, 2.75) is 44.2 Å². The normalized spacial score (nSPS) is 24.3. The van der Waals surface area contributed by atoms with E-state index in [1.54, 1.807) is 0 Å². The number of carboxylic acid groups (broad SMARTS) is 1. The first kappa shape index (κ1) is 14.3. The molecule has 1 amide bonds. The van der Waals surface area contributed by atoms with Gasteiger partial charge in [-0.1, -0.05) is 0 Å². The summed E-state index contributed by atoms with van der Waals surface area (Å²) in [6, 6.07) is -0.0150. The fraction of sp³-hybridized carbons (Fsp3) is 0.846. The molecular weight excluding hydrogens is 250 g/mol. The molecule has 6 heteroatoms. The number of aliphatic carboxylic acids is 1. The van der Waals surface area contributed by atoms with Crippen LogP contribution < -0.4 is 0 Å². The summed E-state index contributed by atoms with van der Waals surface area (Å²) in [6.07, 6.45) is 3.55. The van der Waals surface area contributed by atoms with Crippen molar-refractivity contribution >= 4 is 11.9 Å². The summed E-state index contributed by atoms with van der Waals surface area (Å²) in [4.78, 5) is 24.7. The highest BCUT2D eigenvalue weighted by molar-refractivity contribution is 5.82. The molecule has 2 saturated heterocycles. The summed E-state index contributed by atoms with van der Waals surface area (Å²) in [7, 11) is 0. The molecule has 0 saturated carbocycles. The predicted octanol–water partition coefficient (Wildman–Crippen LogP) is 0.648. The van der Waals surface area contributed by atoms with Crippen LogP contribution in [0, 0.1) is 0 Å². The number of carbonyl (C=O) groups is 2. The van der Waals surface area contributed by atoms with Crippen LogP contribution in [0.25, 0.3) is 0 Å². The van der Waals surface area contributed by atoms with Crippen molar-refractivity contribution < 1.29 is 24.2 Å². The number of nitrogens with zero attached hydrogens (tertiary/aromatic N) is 1. The smallest absolute Gasteiger partial charge is 0.323 e. The molecule has 2 rings (SSSR count). The van der Waals surface area contributed by atoms with Gasteiger partial charge in [0, 0.05) is 25.9 Å². The van der Waals surface area contributed by atoms with Gasteiger partial charge in [0.15, 0.2) is 0 Å². The van der Waals surface area contributed by atoms with E-state index in [0.717, 1.165) is 12.8 Å². The van der Waals surface area contributed by atoms with Gasteiger partial charge in [-0.2, -0.15) is 0 Å². The zero-order valence-corrected chi connectivity index (χ0v) is 11.0. The molecule has 0 aromatic heterocycles. The topological polar surface area (TPSA) is 76.1 Å². The Labute approximate surface area is 112 Å². The molecule has 2 aliphatic heterocycles. The highest BCUT2D eigenvalue weighted by Gasteiger charge is 2.30. The van der Waals surface area contributed by atoms with Gasteiger partial charge in [-0.25, -0.2) is 0 Å². The van der Waals surface area contributed by atoms with Crippen molar-refractivity contribution in [3.05, 3.63) is 0 Å². The van der Waals surface area contributed by atoms with E-state index in [1.165, 1.54) is 4.90 Å². The van der Waals surface area contributed by atoms with Crippen molar-refractivity contribution in [1.29, 1.82) is 0 Å². The second-order valence-corrected chi connectivity index (χ2v) is 5.10. The Morgan fingerprint density at radius 3 is 2.47 bits per heavy atom. The van der Waals surface area contributed by atoms with Crippen LogP contribution in [0.5, 0.6) is 0 Å². The second kappa shape index (κ2) is 6.86. The molecular formula is C13H21NO5. The molecule has 0 aromatic rings.